The van der Waals surface area contributed by atoms with E-state index in [4.69, 9.17) is 15.7 Å². The van der Waals surface area contributed by atoms with Crippen LogP contribution in [-0.2, 0) is 14.4 Å². The van der Waals surface area contributed by atoms with Crippen LogP contribution < -0.4 is 11.1 Å². The molecule has 25 heavy (non-hydrogen) atoms. The lowest BCUT2D eigenvalue weighted by Gasteiger charge is -2.08. The Kier molecular flexibility index (Phi) is 6.50. The summed E-state index contributed by atoms with van der Waals surface area (Å²) in [5.74, 6) is -0.702. The minimum atomic E-state index is -0.948. The molecule has 0 saturated carbocycles. The summed E-state index contributed by atoms with van der Waals surface area (Å²) in [7, 11) is 0. The van der Waals surface area contributed by atoms with Gasteiger partial charge in [-0.15, -0.1) is 0 Å². The topological polar surface area (TPSA) is 126 Å². The molecule has 0 bridgehead atoms. The van der Waals surface area contributed by atoms with E-state index in [1.165, 1.54) is 0 Å². The Balaban J connectivity index is 1.84. The monoisotopic (exact) mass is 346 g/mol. The van der Waals surface area contributed by atoms with Gasteiger partial charge >= 0.3 is 5.97 Å². The summed E-state index contributed by atoms with van der Waals surface area (Å²) in [4.78, 5) is 31.6. The van der Waals surface area contributed by atoms with E-state index in [9.17, 15) is 9.59 Å². The SMILES string of the molecule is CCN=C(N)c1ccc(C2=NO[C@H](CC(=O)NCCC(=O)O)C2)cc1. The summed E-state index contributed by atoms with van der Waals surface area (Å²) in [5.41, 5.74) is 8.37. The highest BCUT2D eigenvalue weighted by molar-refractivity contribution is 6.03. The lowest BCUT2D eigenvalue weighted by molar-refractivity contribution is -0.136. The molecule has 0 unspecified atom stereocenters. The number of rotatable bonds is 8. The maximum atomic E-state index is 11.7. The van der Waals surface area contributed by atoms with Crippen molar-refractivity contribution in [2.24, 2.45) is 15.9 Å². The molecule has 1 heterocycles. The molecule has 4 N–H and O–H groups in total. The van der Waals surface area contributed by atoms with Crippen molar-refractivity contribution in [3.63, 3.8) is 0 Å². The number of hydrogen-bond donors (Lipinski definition) is 3. The van der Waals surface area contributed by atoms with Crippen LogP contribution in [0.3, 0.4) is 0 Å². The number of aliphatic carboxylic acids is 1. The minimum Gasteiger partial charge on any atom is -0.481 e. The Bertz CT molecular complexity index is 682. The van der Waals surface area contributed by atoms with Crippen LogP contribution in [0.15, 0.2) is 34.4 Å². The Hall–Kier alpha value is -2.90. The van der Waals surface area contributed by atoms with Crippen molar-refractivity contribution >= 4 is 23.4 Å². The van der Waals surface area contributed by atoms with E-state index in [1.807, 2.05) is 31.2 Å². The number of amides is 1. The van der Waals surface area contributed by atoms with Crippen molar-refractivity contribution in [3.8, 4) is 0 Å². The molecule has 1 aromatic rings. The van der Waals surface area contributed by atoms with Gasteiger partial charge in [0.05, 0.1) is 18.6 Å². The fraction of sp³-hybridized carbons (Fsp3) is 0.412. The Morgan fingerprint density at radius 2 is 2.12 bits per heavy atom. The van der Waals surface area contributed by atoms with Crippen LogP contribution in [0, 0.1) is 0 Å². The zero-order valence-electron chi connectivity index (χ0n) is 14.1. The lowest BCUT2D eigenvalue weighted by atomic mass is 10.0. The second kappa shape index (κ2) is 8.81. The molecule has 0 saturated heterocycles. The number of carboxylic acids is 1. The zero-order valence-corrected chi connectivity index (χ0v) is 14.1. The van der Waals surface area contributed by atoms with Crippen LogP contribution in [0.2, 0.25) is 0 Å². The average Bonchev–Trinajstić information content (AvgIpc) is 3.03. The molecule has 1 aliphatic heterocycles. The standard InChI is InChI=1S/C17H22N4O4/c1-2-19-17(18)12-5-3-11(4-6-12)14-9-13(25-21-14)10-15(22)20-8-7-16(23)24/h3-6,13H,2,7-10H2,1H3,(H2,18,19)(H,20,22)(H,23,24)/t13-/m0/s1. The first-order chi connectivity index (χ1) is 12.0. The zero-order chi connectivity index (χ0) is 18.2. The number of aliphatic imine (C=N–C) groups is 1. The Morgan fingerprint density at radius 1 is 1.40 bits per heavy atom. The molecule has 1 atom stereocenters. The van der Waals surface area contributed by atoms with Gasteiger partial charge < -0.3 is 21.0 Å². The Labute approximate surface area is 145 Å². The molecule has 0 aromatic heterocycles. The first-order valence-electron chi connectivity index (χ1n) is 8.11. The number of nitrogens with zero attached hydrogens (tertiary/aromatic N) is 2. The largest absolute Gasteiger partial charge is 0.481 e. The van der Waals surface area contributed by atoms with Gasteiger partial charge in [-0.3, -0.25) is 14.6 Å². The number of carbonyl (C=O) groups is 2. The third kappa shape index (κ3) is 5.59. The van der Waals surface area contributed by atoms with Gasteiger partial charge in [0.1, 0.15) is 11.9 Å². The molecule has 2 rings (SSSR count). The maximum absolute atomic E-state index is 11.7. The number of oxime groups is 1. The van der Waals surface area contributed by atoms with Crippen molar-refractivity contribution in [3.05, 3.63) is 35.4 Å². The summed E-state index contributed by atoms with van der Waals surface area (Å²) in [6, 6.07) is 7.53. The first-order valence-corrected chi connectivity index (χ1v) is 8.11. The molecular weight excluding hydrogens is 324 g/mol. The highest BCUT2D eigenvalue weighted by Crippen LogP contribution is 2.19. The summed E-state index contributed by atoms with van der Waals surface area (Å²) in [6.07, 6.45) is 0.215. The predicted molar refractivity (Wildman–Crippen MR) is 93.6 cm³/mol. The van der Waals surface area contributed by atoms with Crippen molar-refractivity contribution < 1.29 is 19.5 Å². The van der Waals surface area contributed by atoms with Crippen molar-refractivity contribution in [2.45, 2.75) is 32.3 Å². The van der Waals surface area contributed by atoms with Gasteiger partial charge in [0.15, 0.2) is 0 Å². The normalized spacial score (nSPS) is 16.9. The van der Waals surface area contributed by atoms with Crippen LogP contribution >= 0.6 is 0 Å². The fourth-order valence-electron chi connectivity index (χ4n) is 2.39. The van der Waals surface area contributed by atoms with Gasteiger partial charge in [-0.25, -0.2) is 0 Å². The Morgan fingerprint density at radius 3 is 2.76 bits per heavy atom. The molecular formula is C17H22N4O4. The molecule has 1 amide bonds. The molecule has 0 fully saturated rings. The fourth-order valence-corrected chi connectivity index (χ4v) is 2.39. The van der Waals surface area contributed by atoms with Gasteiger partial charge in [-0.2, -0.15) is 0 Å². The molecule has 1 aromatic carbocycles. The predicted octanol–water partition coefficient (Wildman–Crippen LogP) is 0.886. The summed E-state index contributed by atoms with van der Waals surface area (Å²) < 4.78 is 0. The lowest BCUT2D eigenvalue weighted by Crippen LogP contribution is -2.29. The van der Waals surface area contributed by atoms with E-state index in [0.29, 0.717) is 18.8 Å². The maximum Gasteiger partial charge on any atom is 0.305 e. The van der Waals surface area contributed by atoms with Gasteiger partial charge in [-0.1, -0.05) is 29.4 Å². The van der Waals surface area contributed by atoms with E-state index < -0.39 is 5.97 Å². The van der Waals surface area contributed by atoms with Crippen LogP contribution in [0.5, 0.6) is 0 Å². The van der Waals surface area contributed by atoms with Gasteiger partial charge in [0, 0.05) is 25.1 Å². The number of carbonyl (C=O) groups excluding carboxylic acids is 1. The number of benzene rings is 1. The van der Waals surface area contributed by atoms with Gasteiger partial charge in [0.2, 0.25) is 5.91 Å². The van der Waals surface area contributed by atoms with E-state index in [-0.39, 0.29) is 31.4 Å². The summed E-state index contributed by atoms with van der Waals surface area (Å²) in [6.45, 7) is 2.66. The van der Waals surface area contributed by atoms with E-state index >= 15 is 0 Å². The number of nitrogens with one attached hydrogen (secondary N) is 1. The number of nitrogens with two attached hydrogens (primary N) is 1. The second-order valence-electron chi connectivity index (χ2n) is 5.60. The van der Waals surface area contributed by atoms with Crippen molar-refractivity contribution in [1.29, 1.82) is 0 Å². The molecule has 1 aliphatic rings. The first kappa shape index (κ1) is 18.4. The quantitative estimate of drug-likeness (QED) is 0.476. The second-order valence-corrected chi connectivity index (χ2v) is 5.60. The van der Waals surface area contributed by atoms with Crippen LogP contribution in [0.1, 0.15) is 37.3 Å². The van der Waals surface area contributed by atoms with Crippen LogP contribution in [0.4, 0.5) is 0 Å². The minimum absolute atomic E-state index is 0.101. The van der Waals surface area contributed by atoms with Gasteiger partial charge in [-0.05, 0) is 12.5 Å². The van der Waals surface area contributed by atoms with Crippen molar-refractivity contribution in [1.82, 2.24) is 5.32 Å². The van der Waals surface area contributed by atoms with Gasteiger partial charge in [0.25, 0.3) is 0 Å². The molecule has 8 heteroatoms. The summed E-state index contributed by atoms with van der Waals surface area (Å²) in [5, 5.41) is 15.1. The molecule has 0 radical (unpaired) electrons. The number of carboxylic acid groups (broad SMARTS) is 1. The number of amidine groups is 1. The molecule has 134 valence electrons. The molecule has 0 spiro atoms. The van der Waals surface area contributed by atoms with Crippen LogP contribution in [0.25, 0.3) is 0 Å². The molecule has 8 nitrogen and oxygen atoms in total. The number of hydrogen-bond acceptors (Lipinski definition) is 5. The third-order valence-corrected chi connectivity index (χ3v) is 3.65. The highest BCUT2D eigenvalue weighted by Gasteiger charge is 2.24. The van der Waals surface area contributed by atoms with E-state index in [0.717, 1.165) is 16.8 Å². The smallest absolute Gasteiger partial charge is 0.305 e. The molecule has 0 aliphatic carbocycles. The van der Waals surface area contributed by atoms with Crippen LogP contribution in [-0.4, -0.2) is 47.7 Å². The van der Waals surface area contributed by atoms with E-state index in [2.05, 4.69) is 15.5 Å². The highest BCUT2D eigenvalue weighted by atomic mass is 16.6. The van der Waals surface area contributed by atoms with E-state index in [1.54, 1.807) is 0 Å². The summed E-state index contributed by atoms with van der Waals surface area (Å²) >= 11 is 0. The average molecular weight is 346 g/mol. The van der Waals surface area contributed by atoms with Crippen molar-refractivity contribution in [2.75, 3.05) is 13.1 Å². The third-order valence-electron chi connectivity index (χ3n) is 3.65.